The lowest BCUT2D eigenvalue weighted by atomic mass is 10.1. The highest BCUT2D eigenvalue weighted by Crippen LogP contribution is 2.33. The Hall–Kier alpha value is -1.66. The molecule has 0 saturated carbocycles. The van der Waals surface area contributed by atoms with Gasteiger partial charge in [-0.05, 0) is 23.9 Å². The number of hydrogen-bond acceptors (Lipinski definition) is 3. The van der Waals surface area contributed by atoms with Crippen molar-refractivity contribution < 1.29 is 13.2 Å². The quantitative estimate of drug-likeness (QED) is 0.663. The summed E-state index contributed by atoms with van der Waals surface area (Å²) in [6, 6.07) is 1.72. The minimum atomic E-state index is -4.51. The maximum atomic E-state index is 12.5. The van der Waals surface area contributed by atoms with Gasteiger partial charge in [-0.15, -0.1) is 0 Å². The molecule has 0 saturated heterocycles. The molecule has 82 valence electrons. The average molecular weight is 242 g/mol. The zero-order valence-electron chi connectivity index (χ0n) is 7.82. The molecule has 0 spiro atoms. The van der Waals surface area contributed by atoms with Crippen LogP contribution in [0.5, 0.6) is 0 Å². The maximum absolute atomic E-state index is 12.5. The Bertz CT molecular complexity index is 446. The number of nitriles is 2. The van der Waals surface area contributed by atoms with E-state index >= 15 is 0 Å². The number of thiocyanates is 1. The molecule has 0 aromatic heterocycles. The standard InChI is InChI=1S/C10H5F3N2S/c11-10(12,13)8-3-7(5-14)1-2-9(4-8)16-6-15/h1-4,7H. The highest BCUT2D eigenvalue weighted by molar-refractivity contribution is 8.07. The van der Waals surface area contributed by atoms with Crippen LogP contribution in [-0.4, -0.2) is 6.18 Å². The van der Waals surface area contributed by atoms with Gasteiger partial charge in [0.05, 0.1) is 17.6 Å². The summed E-state index contributed by atoms with van der Waals surface area (Å²) in [4.78, 5) is 0.170. The SMILES string of the molecule is N#CSC1=CC(C(F)(F)F)=CC(C#N)C=C1. The summed E-state index contributed by atoms with van der Waals surface area (Å²) in [5.41, 5.74) is -0.901. The normalized spacial score (nSPS) is 20.2. The first kappa shape index (κ1) is 12.4. The summed E-state index contributed by atoms with van der Waals surface area (Å²) >= 11 is 0.628. The van der Waals surface area contributed by atoms with E-state index in [9.17, 15) is 13.2 Å². The molecule has 0 aromatic rings. The van der Waals surface area contributed by atoms with Crippen molar-refractivity contribution in [2.24, 2.45) is 5.92 Å². The summed E-state index contributed by atoms with van der Waals surface area (Å²) in [7, 11) is 0. The first-order valence-corrected chi connectivity index (χ1v) is 4.93. The molecule has 0 fully saturated rings. The van der Waals surface area contributed by atoms with Crippen molar-refractivity contribution in [2.75, 3.05) is 0 Å². The van der Waals surface area contributed by atoms with Crippen LogP contribution in [0.4, 0.5) is 13.2 Å². The van der Waals surface area contributed by atoms with E-state index in [2.05, 4.69) is 0 Å². The highest BCUT2D eigenvalue weighted by atomic mass is 32.2. The lowest BCUT2D eigenvalue weighted by Gasteiger charge is -2.07. The molecular formula is C10H5F3N2S. The van der Waals surface area contributed by atoms with Crippen LogP contribution >= 0.6 is 11.8 Å². The van der Waals surface area contributed by atoms with Crippen molar-refractivity contribution >= 4 is 11.8 Å². The van der Waals surface area contributed by atoms with Gasteiger partial charge >= 0.3 is 6.18 Å². The van der Waals surface area contributed by atoms with Crippen molar-refractivity contribution in [3.8, 4) is 11.5 Å². The van der Waals surface area contributed by atoms with Gasteiger partial charge in [-0.2, -0.15) is 23.7 Å². The second-order valence-corrected chi connectivity index (χ2v) is 3.73. The van der Waals surface area contributed by atoms with E-state index in [1.807, 2.05) is 0 Å². The molecule has 0 N–H and O–H groups in total. The Kier molecular flexibility index (Phi) is 3.81. The molecule has 0 bridgehead atoms. The van der Waals surface area contributed by atoms with E-state index in [-0.39, 0.29) is 4.91 Å². The van der Waals surface area contributed by atoms with E-state index in [1.54, 1.807) is 11.5 Å². The van der Waals surface area contributed by atoms with Crippen molar-refractivity contribution in [2.45, 2.75) is 6.18 Å². The van der Waals surface area contributed by atoms with Gasteiger partial charge in [0.15, 0.2) is 0 Å². The molecule has 0 heterocycles. The van der Waals surface area contributed by atoms with Crippen LogP contribution in [0.25, 0.3) is 0 Å². The molecule has 16 heavy (non-hydrogen) atoms. The van der Waals surface area contributed by atoms with Crippen LogP contribution in [0.1, 0.15) is 0 Å². The Labute approximate surface area is 94.4 Å². The molecule has 1 rings (SSSR count). The van der Waals surface area contributed by atoms with Crippen molar-refractivity contribution in [3.63, 3.8) is 0 Å². The molecule has 1 aliphatic carbocycles. The van der Waals surface area contributed by atoms with Crippen LogP contribution in [0.3, 0.4) is 0 Å². The fourth-order valence-electron chi connectivity index (χ4n) is 1.07. The number of halogens is 3. The van der Waals surface area contributed by atoms with E-state index in [0.29, 0.717) is 11.8 Å². The lowest BCUT2D eigenvalue weighted by Crippen LogP contribution is -2.11. The molecule has 1 aliphatic rings. The van der Waals surface area contributed by atoms with Gasteiger partial charge in [-0.1, -0.05) is 12.2 Å². The number of alkyl halides is 3. The van der Waals surface area contributed by atoms with Crippen LogP contribution in [0, 0.1) is 27.9 Å². The minimum Gasteiger partial charge on any atom is -0.197 e. The monoisotopic (exact) mass is 242 g/mol. The second-order valence-electron chi connectivity index (χ2n) is 2.87. The van der Waals surface area contributed by atoms with Crippen molar-refractivity contribution in [1.29, 1.82) is 10.5 Å². The van der Waals surface area contributed by atoms with E-state index in [4.69, 9.17) is 10.5 Å². The lowest BCUT2D eigenvalue weighted by molar-refractivity contribution is -0.0884. The largest absolute Gasteiger partial charge is 0.416 e. The third-order valence-electron chi connectivity index (χ3n) is 1.76. The smallest absolute Gasteiger partial charge is 0.197 e. The number of nitrogens with zero attached hydrogens (tertiary/aromatic N) is 2. The van der Waals surface area contributed by atoms with Crippen LogP contribution < -0.4 is 0 Å². The van der Waals surface area contributed by atoms with Crippen molar-refractivity contribution in [1.82, 2.24) is 0 Å². The van der Waals surface area contributed by atoms with Gasteiger partial charge in [0, 0.05) is 4.91 Å². The van der Waals surface area contributed by atoms with E-state index in [0.717, 1.165) is 12.2 Å². The zero-order valence-corrected chi connectivity index (χ0v) is 8.64. The predicted molar refractivity (Wildman–Crippen MR) is 53.7 cm³/mol. The van der Waals surface area contributed by atoms with Crippen LogP contribution in [0.2, 0.25) is 0 Å². The Morgan fingerprint density at radius 2 is 2.00 bits per heavy atom. The average Bonchev–Trinajstić information content (AvgIpc) is 2.40. The van der Waals surface area contributed by atoms with Gasteiger partial charge in [-0.25, -0.2) is 0 Å². The van der Waals surface area contributed by atoms with E-state index in [1.165, 1.54) is 12.2 Å². The number of rotatable bonds is 1. The fraction of sp³-hybridized carbons (Fsp3) is 0.200. The summed E-state index contributed by atoms with van der Waals surface area (Å²) in [6.45, 7) is 0. The molecular weight excluding hydrogens is 237 g/mol. The maximum Gasteiger partial charge on any atom is 0.416 e. The van der Waals surface area contributed by atoms with Gasteiger partial charge in [0.1, 0.15) is 5.40 Å². The molecule has 1 unspecified atom stereocenters. The van der Waals surface area contributed by atoms with Gasteiger partial charge in [-0.3, -0.25) is 0 Å². The summed E-state index contributed by atoms with van der Waals surface area (Å²) in [5.74, 6) is -0.926. The number of thioether (sulfide) groups is 1. The van der Waals surface area contributed by atoms with Crippen LogP contribution in [-0.2, 0) is 0 Å². The zero-order chi connectivity index (χ0) is 12.2. The molecule has 1 atom stereocenters. The molecule has 6 heteroatoms. The molecule has 0 aliphatic heterocycles. The van der Waals surface area contributed by atoms with Crippen LogP contribution in [0.15, 0.2) is 34.8 Å². The van der Waals surface area contributed by atoms with E-state index < -0.39 is 17.7 Å². The first-order valence-electron chi connectivity index (χ1n) is 4.12. The number of allylic oxidation sites excluding steroid dienone is 5. The fourth-order valence-corrected chi connectivity index (χ4v) is 1.51. The molecule has 0 aromatic carbocycles. The van der Waals surface area contributed by atoms with Gasteiger partial charge in [0.25, 0.3) is 0 Å². The third-order valence-corrected chi connectivity index (χ3v) is 2.35. The topological polar surface area (TPSA) is 47.6 Å². The van der Waals surface area contributed by atoms with Crippen molar-refractivity contribution in [3.05, 3.63) is 34.8 Å². The molecule has 0 radical (unpaired) electrons. The summed E-state index contributed by atoms with van der Waals surface area (Å²) in [5, 5.41) is 18.7. The summed E-state index contributed by atoms with van der Waals surface area (Å²) in [6.07, 6.45) is -0.141. The Morgan fingerprint density at radius 1 is 1.31 bits per heavy atom. The Morgan fingerprint density at radius 3 is 2.50 bits per heavy atom. The highest BCUT2D eigenvalue weighted by Gasteiger charge is 2.33. The molecule has 2 nitrogen and oxygen atoms in total. The molecule has 0 amide bonds. The Balaban J connectivity index is 3.14. The minimum absolute atomic E-state index is 0.170. The summed E-state index contributed by atoms with van der Waals surface area (Å²) < 4.78 is 37.5. The predicted octanol–water partition coefficient (Wildman–Crippen LogP) is 3.28. The van der Waals surface area contributed by atoms with Gasteiger partial charge < -0.3 is 0 Å². The number of hydrogen-bond donors (Lipinski definition) is 0. The second kappa shape index (κ2) is 4.91. The first-order chi connectivity index (χ1) is 7.47. The third kappa shape index (κ3) is 3.18. The van der Waals surface area contributed by atoms with Gasteiger partial charge in [0.2, 0.25) is 0 Å².